The number of para-hydroxylation sites is 1. The summed E-state index contributed by atoms with van der Waals surface area (Å²) in [4.78, 5) is 12.2. The van der Waals surface area contributed by atoms with Crippen molar-refractivity contribution in [3.63, 3.8) is 0 Å². The summed E-state index contributed by atoms with van der Waals surface area (Å²) in [5, 5.41) is 3.15. The Labute approximate surface area is 123 Å². The molecule has 0 spiro atoms. The first kappa shape index (κ1) is 14.2. The summed E-state index contributed by atoms with van der Waals surface area (Å²) < 4.78 is 4.94. The van der Waals surface area contributed by atoms with Gasteiger partial charge in [0, 0.05) is 11.3 Å². The first-order chi connectivity index (χ1) is 9.70. The standard InChI is InChI=1S/C16H15NO2S/c1-2-19-16(18)13-10-8-12(9-11-13)15(20)17-14-6-4-3-5-7-14/h3-11H,2H2,1H3,(H,17,20). The first-order valence-corrected chi connectivity index (χ1v) is 6.75. The quantitative estimate of drug-likeness (QED) is 0.687. The van der Waals surface area contributed by atoms with Crippen molar-refractivity contribution in [2.75, 3.05) is 11.9 Å². The smallest absolute Gasteiger partial charge is 0.338 e. The van der Waals surface area contributed by atoms with Gasteiger partial charge < -0.3 is 10.1 Å². The van der Waals surface area contributed by atoms with Crippen molar-refractivity contribution in [1.29, 1.82) is 0 Å². The van der Waals surface area contributed by atoms with Gasteiger partial charge in [0.1, 0.15) is 4.99 Å². The van der Waals surface area contributed by atoms with Crippen LogP contribution in [0, 0.1) is 0 Å². The Morgan fingerprint density at radius 3 is 2.25 bits per heavy atom. The zero-order valence-electron chi connectivity index (χ0n) is 11.1. The number of benzene rings is 2. The summed E-state index contributed by atoms with van der Waals surface area (Å²) in [6.45, 7) is 2.15. The molecule has 2 rings (SSSR count). The van der Waals surface area contributed by atoms with Gasteiger partial charge in [-0.2, -0.15) is 0 Å². The lowest BCUT2D eigenvalue weighted by Gasteiger charge is -2.08. The Morgan fingerprint density at radius 1 is 1.05 bits per heavy atom. The van der Waals surface area contributed by atoms with Gasteiger partial charge in [0.25, 0.3) is 0 Å². The third kappa shape index (κ3) is 3.65. The number of hydrogen-bond acceptors (Lipinski definition) is 3. The number of thiocarbonyl (C=S) groups is 1. The number of nitrogens with one attached hydrogen (secondary N) is 1. The molecular weight excluding hydrogens is 270 g/mol. The van der Waals surface area contributed by atoms with Gasteiger partial charge in [-0.25, -0.2) is 4.79 Å². The number of esters is 1. The van der Waals surface area contributed by atoms with Gasteiger partial charge in [0.05, 0.1) is 12.2 Å². The van der Waals surface area contributed by atoms with Crippen LogP contribution in [0.1, 0.15) is 22.8 Å². The number of anilines is 1. The molecule has 0 fully saturated rings. The van der Waals surface area contributed by atoms with Crippen molar-refractivity contribution in [3.8, 4) is 0 Å². The molecule has 0 aliphatic carbocycles. The van der Waals surface area contributed by atoms with Gasteiger partial charge in [-0.15, -0.1) is 0 Å². The lowest BCUT2D eigenvalue weighted by atomic mass is 10.1. The molecule has 2 aromatic rings. The van der Waals surface area contributed by atoms with E-state index in [9.17, 15) is 4.79 Å². The molecule has 0 bridgehead atoms. The predicted octanol–water partition coefficient (Wildman–Crippen LogP) is 3.65. The first-order valence-electron chi connectivity index (χ1n) is 6.34. The Hall–Kier alpha value is -2.20. The van der Waals surface area contributed by atoms with Gasteiger partial charge in [-0.1, -0.05) is 42.5 Å². The maximum absolute atomic E-state index is 11.5. The SMILES string of the molecule is CCOC(=O)c1ccc(C(=S)Nc2ccccc2)cc1. The van der Waals surface area contributed by atoms with Crippen molar-refractivity contribution in [2.24, 2.45) is 0 Å². The normalized spacial score (nSPS) is 9.85. The second-order valence-electron chi connectivity index (χ2n) is 4.12. The van der Waals surface area contributed by atoms with E-state index in [-0.39, 0.29) is 5.97 Å². The molecule has 0 unspecified atom stereocenters. The molecule has 0 aliphatic rings. The Morgan fingerprint density at radius 2 is 1.65 bits per heavy atom. The summed E-state index contributed by atoms with van der Waals surface area (Å²) in [7, 11) is 0. The molecule has 0 amide bonds. The van der Waals surface area contributed by atoms with Crippen LogP contribution in [0.4, 0.5) is 5.69 Å². The third-order valence-electron chi connectivity index (χ3n) is 2.69. The van der Waals surface area contributed by atoms with E-state index in [1.165, 1.54) is 0 Å². The summed E-state index contributed by atoms with van der Waals surface area (Å²) in [5.41, 5.74) is 2.32. The molecule has 2 aromatic carbocycles. The lowest BCUT2D eigenvalue weighted by molar-refractivity contribution is 0.0526. The van der Waals surface area contributed by atoms with E-state index < -0.39 is 0 Å². The summed E-state index contributed by atoms with van der Waals surface area (Å²) in [6, 6.07) is 16.8. The average molecular weight is 285 g/mol. The summed E-state index contributed by atoms with van der Waals surface area (Å²) in [6.07, 6.45) is 0. The van der Waals surface area contributed by atoms with Crippen LogP contribution < -0.4 is 5.32 Å². The fourth-order valence-electron chi connectivity index (χ4n) is 1.70. The van der Waals surface area contributed by atoms with Crippen LogP contribution in [0.15, 0.2) is 54.6 Å². The van der Waals surface area contributed by atoms with Crippen LogP contribution in [0.2, 0.25) is 0 Å². The van der Waals surface area contributed by atoms with Gasteiger partial charge in [0.2, 0.25) is 0 Å². The highest BCUT2D eigenvalue weighted by atomic mass is 32.1. The molecule has 20 heavy (non-hydrogen) atoms. The van der Waals surface area contributed by atoms with Crippen LogP contribution in [0.25, 0.3) is 0 Å². The molecule has 102 valence electrons. The number of ether oxygens (including phenoxy) is 1. The topological polar surface area (TPSA) is 38.3 Å². The molecule has 0 aromatic heterocycles. The van der Waals surface area contributed by atoms with E-state index in [0.717, 1.165) is 11.3 Å². The maximum Gasteiger partial charge on any atom is 0.338 e. The molecule has 0 aliphatic heterocycles. The molecular formula is C16H15NO2S. The third-order valence-corrected chi connectivity index (χ3v) is 3.03. The molecule has 0 atom stereocenters. The molecule has 4 heteroatoms. The summed E-state index contributed by atoms with van der Waals surface area (Å²) >= 11 is 5.34. The fraction of sp³-hybridized carbons (Fsp3) is 0.125. The van der Waals surface area contributed by atoms with Crippen LogP contribution >= 0.6 is 12.2 Å². The predicted molar refractivity (Wildman–Crippen MR) is 84.2 cm³/mol. The van der Waals surface area contributed by atoms with E-state index in [1.807, 2.05) is 42.5 Å². The number of carbonyl (C=O) groups is 1. The number of rotatable bonds is 4. The van der Waals surface area contributed by atoms with Crippen molar-refractivity contribution in [2.45, 2.75) is 6.92 Å². The minimum Gasteiger partial charge on any atom is -0.462 e. The minimum absolute atomic E-state index is 0.319. The Bertz CT molecular complexity index is 594. The van der Waals surface area contributed by atoms with Crippen molar-refractivity contribution >= 4 is 28.9 Å². The number of carbonyl (C=O) groups excluding carboxylic acids is 1. The molecule has 0 saturated carbocycles. The van der Waals surface area contributed by atoms with Crippen molar-refractivity contribution in [1.82, 2.24) is 0 Å². The van der Waals surface area contributed by atoms with Crippen LogP contribution in [-0.4, -0.2) is 17.6 Å². The Kier molecular flexibility index (Phi) is 4.85. The van der Waals surface area contributed by atoms with E-state index in [2.05, 4.69) is 5.32 Å². The zero-order valence-corrected chi connectivity index (χ0v) is 11.9. The maximum atomic E-state index is 11.5. The Balaban J connectivity index is 2.06. The van der Waals surface area contributed by atoms with Crippen molar-refractivity contribution in [3.05, 3.63) is 65.7 Å². The van der Waals surface area contributed by atoms with E-state index in [0.29, 0.717) is 17.2 Å². The second kappa shape index (κ2) is 6.82. The molecule has 0 heterocycles. The fourth-order valence-corrected chi connectivity index (χ4v) is 1.95. The van der Waals surface area contributed by atoms with Gasteiger partial charge in [-0.05, 0) is 31.2 Å². The molecule has 3 nitrogen and oxygen atoms in total. The van der Waals surface area contributed by atoms with E-state index in [4.69, 9.17) is 17.0 Å². The van der Waals surface area contributed by atoms with Gasteiger partial charge in [-0.3, -0.25) is 0 Å². The summed E-state index contributed by atoms with van der Waals surface area (Å²) in [5.74, 6) is -0.319. The number of hydrogen-bond donors (Lipinski definition) is 1. The highest BCUT2D eigenvalue weighted by molar-refractivity contribution is 7.81. The van der Waals surface area contributed by atoms with E-state index >= 15 is 0 Å². The largest absolute Gasteiger partial charge is 0.462 e. The van der Waals surface area contributed by atoms with Crippen molar-refractivity contribution < 1.29 is 9.53 Å². The average Bonchev–Trinajstić information content (AvgIpc) is 2.48. The molecule has 0 radical (unpaired) electrons. The zero-order chi connectivity index (χ0) is 14.4. The van der Waals surface area contributed by atoms with E-state index in [1.54, 1.807) is 19.1 Å². The molecule has 0 saturated heterocycles. The minimum atomic E-state index is -0.319. The van der Waals surface area contributed by atoms with Gasteiger partial charge in [0.15, 0.2) is 0 Å². The second-order valence-corrected chi connectivity index (χ2v) is 4.53. The van der Waals surface area contributed by atoms with Crippen LogP contribution in [-0.2, 0) is 4.74 Å². The van der Waals surface area contributed by atoms with Crippen LogP contribution in [0.5, 0.6) is 0 Å². The molecule has 1 N–H and O–H groups in total. The monoisotopic (exact) mass is 285 g/mol. The lowest BCUT2D eigenvalue weighted by Crippen LogP contribution is -2.11. The van der Waals surface area contributed by atoms with Crippen LogP contribution in [0.3, 0.4) is 0 Å². The highest BCUT2D eigenvalue weighted by Crippen LogP contribution is 2.11. The highest BCUT2D eigenvalue weighted by Gasteiger charge is 2.07. The van der Waals surface area contributed by atoms with Gasteiger partial charge >= 0.3 is 5.97 Å².